The zero-order valence-corrected chi connectivity index (χ0v) is 37.2. The van der Waals surface area contributed by atoms with Gasteiger partial charge in [-0.2, -0.15) is 0 Å². The lowest BCUT2D eigenvalue weighted by molar-refractivity contribution is -0.134. The highest BCUT2D eigenvalue weighted by atomic mass is 16.5. The van der Waals surface area contributed by atoms with Crippen molar-refractivity contribution in [2.45, 2.75) is 124 Å². The topological polar surface area (TPSA) is 67.4 Å². The number of benzene rings is 1. The molecule has 0 fully saturated rings. The van der Waals surface area contributed by atoms with E-state index in [0.717, 1.165) is 88.2 Å². The van der Waals surface area contributed by atoms with Crippen molar-refractivity contribution in [3.05, 3.63) is 182 Å². The van der Waals surface area contributed by atoms with Gasteiger partial charge in [0.05, 0.1) is 0 Å². The van der Waals surface area contributed by atoms with Gasteiger partial charge in [0.1, 0.15) is 5.75 Å². The molecule has 0 bridgehead atoms. The number of amides is 1. The van der Waals surface area contributed by atoms with Crippen molar-refractivity contribution in [1.82, 2.24) is 10.6 Å². The summed E-state index contributed by atoms with van der Waals surface area (Å²) < 4.78 is 5.76. The van der Waals surface area contributed by atoms with Gasteiger partial charge < -0.3 is 15.4 Å². The summed E-state index contributed by atoms with van der Waals surface area (Å²) in [4.78, 5) is 25.0. The fourth-order valence-electron chi connectivity index (χ4n) is 5.43. The first-order chi connectivity index (χ1) is 29.5. The van der Waals surface area contributed by atoms with Gasteiger partial charge >= 0.3 is 5.97 Å². The SMILES string of the molecule is C=C(NCCNC(=O)CC/C=C\C/C=C\C/C=C\C/C=C\C/C=C\C/C=C\CC)c1ccc(C)cc1OC(=O)CC/C=C\C/C=C\C/C=C\C/C=C\C/C=C\C/C=C\CC. The number of hydrogen-bond donors (Lipinski definition) is 2. The van der Waals surface area contributed by atoms with Gasteiger partial charge in [0.15, 0.2) is 0 Å². The van der Waals surface area contributed by atoms with Gasteiger partial charge in [-0.05, 0) is 115 Å². The summed E-state index contributed by atoms with van der Waals surface area (Å²) in [6, 6.07) is 5.73. The molecule has 1 rings (SSSR count). The fourth-order valence-corrected chi connectivity index (χ4v) is 5.43. The molecule has 0 radical (unpaired) electrons. The van der Waals surface area contributed by atoms with Crippen LogP contribution in [0.15, 0.2) is 171 Å². The van der Waals surface area contributed by atoms with Crippen molar-refractivity contribution in [3.8, 4) is 5.75 Å². The highest BCUT2D eigenvalue weighted by Gasteiger charge is 2.12. The first-order valence-electron chi connectivity index (χ1n) is 22.3. The minimum atomic E-state index is -0.284. The Morgan fingerprint density at radius 1 is 0.500 bits per heavy atom. The minimum Gasteiger partial charge on any atom is -0.426 e. The maximum absolute atomic E-state index is 12.7. The predicted molar refractivity (Wildman–Crippen MR) is 262 cm³/mol. The van der Waals surface area contributed by atoms with Gasteiger partial charge in [0.2, 0.25) is 5.91 Å². The second kappa shape index (κ2) is 40.4. The molecular formula is C55H76N2O3. The van der Waals surface area contributed by atoms with Gasteiger partial charge in [0.25, 0.3) is 0 Å². The molecule has 0 atom stereocenters. The first kappa shape index (κ1) is 52.6. The Hall–Kier alpha value is -5.42. The summed E-state index contributed by atoms with van der Waals surface area (Å²) in [6.07, 6.45) is 65.8. The Balaban J connectivity index is 2.21. The molecular weight excluding hydrogens is 737 g/mol. The molecule has 0 unspecified atom stereocenters. The van der Waals surface area contributed by atoms with E-state index in [4.69, 9.17) is 4.74 Å². The molecule has 0 saturated heterocycles. The first-order valence-corrected chi connectivity index (χ1v) is 22.3. The molecule has 0 aliphatic rings. The van der Waals surface area contributed by atoms with Gasteiger partial charge in [-0.3, -0.25) is 9.59 Å². The lowest BCUT2D eigenvalue weighted by atomic mass is 10.1. The van der Waals surface area contributed by atoms with Crippen molar-refractivity contribution < 1.29 is 14.3 Å². The standard InChI is InChI=1S/C55H76N2O3/c1-5-7-9-11-13-15-17-19-21-23-25-27-29-31-33-35-37-39-41-43-54(58)57-48-47-56-51(4)52-46-45-50(3)49-53(52)60-55(59)44-42-40-38-36-34-32-30-28-26-24-22-20-18-16-14-12-10-8-6-2/h7-10,13-16,19-22,25-28,31-34,37-40,45-46,49,56H,4-6,11-12,17-18,23-24,29-30,35-36,41-44,47-48H2,1-3H3,(H,57,58)/b9-7-,10-8-,15-13-,16-14-,21-19-,22-20-,27-25-,28-26-,33-31-,34-32-,39-37-,40-38-. The Kier molecular flexibility index (Phi) is 35.4. The predicted octanol–water partition coefficient (Wildman–Crippen LogP) is 14.5. The molecule has 0 aromatic heterocycles. The number of hydrogen-bond acceptors (Lipinski definition) is 4. The summed E-state index contributed by atoms with van der Waals surface area (Å²) in [6.45, 7) is 11.4. The third-order valence-electron chi connectivity index (χ3n) is 8.72. The zero-order chi connectivity index (χ0) is 43.4. The highest BCUT2D eigenvalue weighted by Crippen LogP contribution is 2.26. The van der Waals surface area contributed by atoms with Crippen LogP contribution >= 0.6 is 0 Å². The van der Waals surface area contributed by atoms with E-state index < -0.39 is 0 Å². The number of nitrogens with one attached hydrogen (secondary N) is 2. The quantitative estimate of drug-likeness (QED) is 0.0315. The molecule has 1 aromatic rings. The molecule has 324 valence electrons. The Morgan fingerprint density at radius 2 is 0.850 bits per heavy atom. The molecule has 0 aliphatic heterocycles. The number of ether oxygens (including phenoxy) is 1. The molecule has 1 aromatic carbocycles. The number of esters is 1. The van der Waals surface area contributed by atoms with E-state index in [1.54, 1.807) is 0 Å². The summed E-state index contributed by atoms with van der Waals surface area (Å²) in [7, 11) is 0. The molecule has 60 heavy (non-hydrogen) atoms. The number of rotatable bonds is 34. The van der Waals surface area contributed by atoms with Crippen molar-refractivity contribution >= 4 is 17.6 Å². The lowest BCUT2D eigenvalue weighted by Crippen LogP contribution is -2.31. The van der Waals surface area contributed by atoms with Crippen LogP contribution in [0.4, 0.5) is 0 Å². The average molecular weight is 813 g/mol. The average Bonchev–Trinajstić information content (AvgIpc) is 3.24. The summed E-state index contributed by atoms with van der Waals surface area (Å²) in [5.41, 5.74) is 2.36. The van der Waals surface area contributed by atoms with Crippen LogP contribution in [0, 0.1) is 6.92 Å². The van der Waals surface area contributed by atoms with Crippen LogP contribution in [0.2, 0.25) is 0 Å². The van der Waals surface area contributed by atoms with Crippen LogP contribution in [0.5, 0.6) is 5.75 Å². The van der Waals surface area contributed by atoms with E-state index in [0.29, 0.717) is 50.2 Å². The summed E-state index contributed by atoms with van der Waals surface area (Å²) >= 11 is 0. The largest absolute Gasteiger partial charge is 0.426 e. The van der Waals surface area contributed by atoms with Gasteiger partial charge in [-0.25, -0.2) is 0 Å². The monoisotopic (exact) mass is 813 g/mol. The van der Waals surface area contributed by atoms with Gasteiger partial charge in [-0.1, -0.05) is 172 Å². The Labute approximate surface area is 365 Å². The third kappa shape index (κ3) is 33.5. The normalized spacial score (nSPS) is 12.8. The maximum Gasteiger partial charge on any atom is 0.311 e. The second-order valence-electron chi connectivity index (χ2n) is 14.1. The van der Waals surface area contributed by atoms with Crippen LogP contribution in [0.1, 0.15) is 128 Å². The van der Waals surface area contributed by atoms with Crippen molar-refractivity contribution in [2.75, 3.05) is 13.1 Å². The molecule has 5 nitrogen and oxygen atoms in total. The minimum absolute atomic E-state index is 0.0128. The van der Waals surface area contributed by atoms with Crippen molar-refractivity contribution in [3.63, 3.8) is 0 Å². The van der Waals surface area contributed by atoms with E-state index in [1.807, 2.05) is 31.2 Å². The Bertz CT molecular complexity index is 1670. The highest BCUT2D eigenvalue weighted by molar-refractivity contribution is 5.77. The molecule has 0 saturated carbocycles. The lowest BCUT2D eigenvalue weighted by Gasteiger charge is -2.15. The van der Waals surface area contributed by atoms with Gasteiger partial charge in [-0.15, -0.1) is 0 Å². The second-order valence-corrected chi connectivity index (χ2v) is 14.1. The molecule has 5 heteroatoms. The van der Waals surface area contributed by atoms with Crippen molar-refractivity contribution in [1.29, 1.82) is 0 Å². The van der Waals surface area contributed by atoms with E-state index >= 15 is 0 Å². The van der Waals surface area contributed by atoms with Crippen LogP contribution in [0.3, 0.4) is 0 Å². The van der Waals surface area contributed by atoms with Gasteiger partial charge in [0, 0.05) is 37.2 Å². The third-order valence-corrected chi connectivity index (χ3v) is 8.72. The van der Waals surface area contributed by atoms with Crippen LogP contribution < -0.4 is 15.4 Å². The molecule has 0 aliphatic carbocycles. The summed E-state index contributed by atoms with van der Waals surface area (Å²) in [5, 5.41) is 6.22. The summed E-state index contributed by atoms with van der Waals surface area (Å²) in [5.74, 6) is 0.216. The van der Waals surface area contributed by atoms with E-state index in [2.05, 4.69) is 171 Å². The molecule has 2 N–H and O–H groups in total. The van der Waals surface area contributed by atoms with E-state index in [1.165, 1.54) is 0 Å². The van der Waals surface area contributed by atoms with Crippen LogP contribution in [-0.2, 0) is 9.59 Å². The smallest absolute Gasteiger partial charge is 0.311 e. The molecule has 1 amide bonds. The number of aryl methyl sites for hydroxylation is 1. The maximum atomic E-state index is 12.7. The van der Waals surface area contributed by atoms with E-state index in [9.17, 15) is 9.59 Å². The zero-order valence-electron chi connectivity index (χ0n) is 37.2. The van der Waals surface area contributed by atoms with Crippen LogP contribution in [-0.4, -0.2) is 25.0 Å². The molecule has 0 spiro atoms. The number of carbonyl (C=O) groups is 2. The molecule has 0 heterocycles. The van der Waals surface area contributed by atoms with E-state index in [-0.39, 0.29) is 11.9 Å². The fraction of sp³-hybridized carbons (Fsp3) is 0.382. The Morgan fingerprint density at radius 3 is 1.25 bits per heavy atom. The van der Waals surface area contributed by atoms with Crippen LogP contribution in [0.25, 0.3) is 5.70 Å². The number of carbonyl (C=O) groups excluding carboxylic acids is 2. The van der Waals surface area contributed by atoms with Crippen molar-refractivity contribution in [2.24, 2.45) is 0 Å². The number of allylic oxidation sites excluding steroid dienone is 24.